The Labute approximate surface area is 129 Å². The number of hydrogen-bond donors (Lipinski definition) is 1. The molecular weight excluding hydrogens is 280 g/mol. The lowest BCUT2D eigenvalue weighted by atomic mass is 9.86. The van der Waals surface area contributed by atoms with E-state index in [1.807, 2.05) is 12.1 Å². The van der Waals surface area contributed by atoms with Gasteiger partial charge in [0.25, 0.3) is 5.56 Å². The van der Waals surface area contributed by atoms with Gasteiger partial charge in [-0.05, 0) is 23.2 Å². The van der Waals surface area contributed by atoms with Gasteiger partial charge in [-0.25, -0.2) is 4.98 Å². The first-order valence-corrected chi connectivity index (χ1v) is 8.41. The van der Waals surface area contributed by atoms with E-state index in [0.717, 1.165) is 34.7 Å². The molecule has 3 rings (SSSR count). The van der Waals surface area contributed by atoms with Gasteiger partial charge in [-0.1, -0.05) is 45.0 Å². The third kappa shape index (κ3) is 2.91. The molecule has 0 aliphatic carbocycles. The summed E-state index contributed by atoms with van der Waals surface area (Å²) in [6.45, 7) is 6.58. The Morgan fingerprint density at radius 1 is 1.19 bits per heavy atom. The van der Waals surface area contributed by atoms with Crippen LogP contribution in [-0.4, -0.2) is 15.7 Å². The Hall–Kier alpha value is -1.55. The summed E-state index contributed by atoms with van der Waals surface area (Å²) in [6.07, 6.45) is 0.886. The summed E-state index contributed by atoms with van der Waals surface area (Å²) in [5, 5.41) is 0. The van der Waals surface area contributed by atoms with Gasteiger partial charge in [0.1, 0.15) is 5.82 Å². The molecule has 0 bridgehead atoms. The maximum atomic E-state index is 12.2. The van der Waals surface area contributed by atoms with E-state index in [-0.39, 0.29) is 11.0 Å². The first kappa shape index (κ1) is 14.4. The molecule has 0 atom stereocenters. The van der Waals surface area contributed by atoms with Crippen molar-refractivity contribution in [1.82, 2.24) is 9.97 Å². The third-order valence-corrected chi connectivity index (χ3v) is 4.84. The SMILES string of the molecule is CC(C)(C)c1ccc(-c2nc3c(c(=O)[nH]2)CSCC3)cc1. The maximum Gasteiger partial charge on any atom is 0.255 e. The fraction of sp³-hybridized carbons (Fsp3) is 0.412. The van der Waals surface area contributed by atoms with Crippen molar-refractivity contribution in [2.45, 2.75) is 38.4 Å². The summed E-state index contributed by atoms with van der Waals surface area (Å²) in [5.41, 5.74) is 4.21. The molecule has 1 aromatic carbocycles. The van der Waals surface area contributed by atoms with Crippen molar-refractivity contribution < 1.29 is 0 Å². The van der Waals surface area contributed by atoms with E-state index in [4.69, 9.17) is 0 Å². The Morgan fingerprint density at radius 3 is 2.57 bits per heavy atom. The van der Waals surface area contributed by atoms with Crippen LogP contribution in [0.4, 0.5) is 0 Å². The molecule has 0 saturated heterocycles. The number of aromatic nitrogens is 2. The van der Waals surface area contributed by atoms with E-state index in [1.54, 1.807) is 11.8 Å². The Morgan fingerprint density at radius 2 is 1.90 bits per heavy atom. The van der Waals surface area contributed by atoms with E-state index in [2.05, 4.69) is 42.9 Å². The molecule has 0 spiro atoms. The van der Waals surface area contributed by atoms with Crippen LogP contribution in [0.2, 0.25) is 0 Å². The molecule has 1 N–H and O–H groups in total. The first-order chi connectivity index (χ1) is 9.95. The predicted molar refractivity (Wildman–Crippen MR) is 88.9 cm³/mol. The van der Waals surface area contributed by atoms with Crippen LogP contribution in [0, 0.1) is 0 Å². The summed E-state index contributed by atoms with van der Waals surface area (Å²) in [4.78, 5) is 19.8. The van der Waals surface area contributed by atoms with Crippen LogP contribution in [0.1, 0.15) is 37.6 Å². The minimum Gasteiger partial charge on any atom is -0.306 e. The van der Waals surface area contributed by atoms with Crippen LogP contribution in [-0.2, 0) is 17.6 Å². The lowest BCUT2D eigenvalue weighted by molar-refractivity contribution is 0.590. The topological polar surface area (TPSA) is 45.8 Å². The molecule has 0 saturated carbocycles. The minimum atomic E-state index is 0.0158. The molecule has 1 aliphatic heterocycles. The van der Waals surface area contributed by atoms with Crippen molar-refractivity contribution in [3.63, 3.8) is 0 Å². The van der Waals surface area contributed by atoms with Crippen LogP contribution < -0.4 is 5.56 Å². The minimum absolute atomic E-state index is 0.0158. The first-order valence-electron chi connectivity index (χ1n) is 7.26. The number of hydrogen-bond acceptors (Lipinski definition) is 3. The number of nitrogens with one attached hydrogen (secondary N) is 1. The second-order valence-corrected chi connectivity index (χ2v) is 7.57. The average molecular weight is 300 g/mol. The molecule has 1 aromatic heterocycles. The van der Waals surface area contributed by atoms with Gasteiger partial charge in [0, 0.05) is 16.9 Å². The van der Waals surface area contributed by atoms with Crippen molar-refractivity contribution in [2.24, 2.45) is 0 Å². The molecule has 21 heavy (non-hydrogen) atoms. The van der Waals surface area contributed by atoms with Crippen LogP contribution in [0.5, 0.6) is 0 Å². The highest BCUT2D eigenvalue weighted by molar-refractivity contribution is 7.98. The highest BCUT2D eigenvalue weighted by Crippen LogP contribution is 2.26. The second-order valence-electron chi connectivity index (χ2n) is 6.47. The molecule has 3 nitrogen and oxygen atoms in total. The van der Waals surface area contributed by atoms with Gasteiger partial charge < -0.3 is 4.98 Å². The number of rotatable bonds is 1. The van der Waals surface area contributed by atoms with Crippen LogP contribution in [0.15, 0.2) is 29.1 Å². The summed E-state index contributed by atoms with van der Waals surface area (Å²) >= 11 is 1.80. The molecule has 1 aliphatic rings. The Bertz CT molecular complexity index is 711. The zero-order valence-corrected chi connectivity index (χ0v) is 13.5. The van der Waals surface area contributed by atoms with Gasteiger partial charge in [0.15, 0.2) is 0 Å². The van der Waals surface area contributed by atoms with E-state index in [0.29, 0.717) is 5.82 Å². The van der Waals surface area contributed by atoms with Gasteiger partial charge >= 0.3 is 0 Å². The van der Waals surface area contributed by atoms with Crippen molar-refractivity contribution in [1.29, 1.82) is 0 Å². The standard InChI is InChI=1S/C17H20N2OS/c1-17(2,3)12-6-4-11(5-7-12)15-18-14-8-9-21-10-13(14)16(20)19-15/h4-7H,8-10H2,1-3H3,(H,18,19,20). The largest absolute Gasteiger partial charge is 0.306 e. The van der Waals surface area contributed by atoms with Gasteiger partial charge in [0.2, 0.25) is 0 Å². The van der Waals surface area contributed by atoms with Crippen LogP contribution >= 0.6 is 11.8 Å². The molecule has 0 amide bonds. The van der Waals surface area contributed by atoms with Crippen LogP contribution in [0.3, 0.4) is 0 Å². The summed E-state index contributed by atoms with van der Waals surface area (Å²) < 4.78 is 0. The van der Waals surface area contributed by atoms with Gasteiger partial charge in [0.05, 0.1) is 5.69 Å². The Balaban J connectivity index is 2.01. The molecule has 4 heteroatoms. The van der Waals surface area contributed by atoms with Gasteiger partial charge in [-0.3, -0.25) is 4.79 Å². The predicted octanol–water partition coefficient (Wildman–Crippen LogP) is 3.52. The lowest BCUT2D eigenvalue weighted by Crippen LogP contribution is -2.21. The highest BCUT2D eigenvalue weighted by atomic mass is 32.2. The number of thioether (sulfide) groups is 1. The number of fused-ring (bicyclic) bond motifs is 1. The monoisotopic (exact) mass is 300 g/mol. The number of aryl methyl sites for hydroxylation is 1. The fourth-order valence-corrected chi connectivity index (χ4v) is 3.49. The summed E-state index contributed by atoms with van der Waals surface area (Å²) in [6, 6.07) is 8.32. The molecule has 2 heterocycles. The molecule has 0 radical (unpaired) electrons. The summed E-state index contributed by atoms with van der Waals surface area (Å²) in [7, 11) is 0. The molecule has 2 aromatic rings. The quantitative estimate of drug-likeness (QED) is 0.876. The average Bonchev–Trinajstić information content (AvgIpc) is 2.46. The van der Waals surface area contributed by atoms with Crippen molar-refractivity contribution in [2.75, 3.05) is 5.75 Å². The smallest absolute Gasteiger partial charge is 0.255 e. The van der Waals surface area contributed by atoms with Gasteiger partial charge in [-0.15, -0.1) is 0 Å². The van der Waals surface area contributed by atoms with E-state index in [1.165, 1.54) is 5.56 Å². The zero-order chi connectivity index (χ0) is 15.0. The molecule has 0 fully saturated rings. The Kier molecular flexibility index (Phi) is 3.66. The highest BCUT2D eigenvalue weighted by Gasteiger charge is 2.17. The number of nitrogens with zero attached hydrogens (tertiary/aromatic N) is 1. The maximum absolute atomic E-state index is 12.2. The lowest BCUT2D eigenvalue weighted by Gasteiger charge is -2.19. The van der Waals surface area contributed by atoms with Crippen molar-refractivity contribution in [3.8, 4) is 11.4 Å². The number of benzene rings is 1. The third-order valence-electron chi connectivity index (χ3n) is 3.86. The number of H-pyrrole nitrogens is 1. The van der Waals surface area contributed by atoms with Crippen LogP contribution in [0.25, 0.3) is 11.4 Å². The van der Waals surface area contributed by atoms with E-state index in [9.17, 15) is 4.79 Å². The number of aromatic amines is 1. The second kappa shape index (κ2) is 5.34. The molecule has 0 unspecified atom stereocenters. The normalized spacial score (nSPS) is 14.8. The molecule has 110 valence electrons. The summed E-state index contributed by atoms with van der Waals surface area (Å²) in [5.74, 6) is 2.51. The van der Waals surface area contributed by atoms with Crippen molar-refractivity contribution in [3.05, 3.63) is 51.4 Å². The van der Waals surface area contributed by atoms with Gasteiger partial charge in [-0.2, -0.15) is 11.8 Å². The van der Waals surface area contributed by atoms with E-state index < -0.39 is 0 Å². The zero-order valence-electron chi connectivity index (χ0n) is 12.7. The molecular formula is C17H20N2OS. The van der Waals surface area contributed by atoms with Crippen molar-refractivity contribution >= 4 is 11.8 Å². The fourth-order valence-electron chi connectivity index (χ4n) is 2.51. The van der Waals surface area contributed by atoms with E-state index >= 15 is 0 Å².